The summed E-state index contributed by atoms with van der Waals surface area (Å²) in [6.45, 7) is 0. The molecule has 0 aliphatic heterocycles. The van der Waals surface area contributed by atoms with E-state index >= 15 is 0 Å². The Morgan fingerprint density at radius 3 is 2.44 bits per heavy atom. The second-order valence-electron chi connectivity index (χ2n) is 5.93. The first kappa shape index (κ1) is 17.1. The van der Waals surface area contributed by atoms with E-state index in [0.29, 0.717) is 16.3 Å². The van der Waals surface area contributed by atoms with Gasteiger partial charge < -0.3 is 20.5 Å². The molecule has 0 aliphatic rings. The third-order valence-electron chi connectivity index (χ3n) is 4.27. The van der Waals surface area contributed by atoms with Crippen molar-refractivity contribution in [3.05, 3.63) is 53.4 Å². The summed E-state index contributed by atoms with van der Waals surface area (Å²) in [5, 5.41) is 4.53. The predicted molar refractivity (Wildman–Crippen MR) is 109 cm³/mol. The van der Waals surface area contributed by atoms with Crippen molar-refractivity contribution in [1.82, 2.24) is 4.98 Å². The quantitative estimate of drug-likeness (QED) is 0.552. The van der Waals surface area contributed by atoms with Gasteiger partial charge in [-0.25, -0.2) is 4.98 Å². The normalized spacial score (nSPS) is 10.9. The number of pyridine rings is 1. The molecule has 6 nitrogen and oxygen atoms in total. The number of benzene rings is 2. The van der Waals surface area contributed by atoms with Gasteiger partial charge in [-0.15, -0.1) is 11.3 Å². The second kappa shape index (κ2) is 6.77. The third kappa shape index (κ3) is 3.13. The summed E-state index contributed by atoms with van der Waals surface area (Å²) in [4.78, 5) is 18.5. The third-order valence-corrected chi connectivity index (χ3v) is 5.39. The van der Waals surface area contributed by atoms with Gasteiger partial charge in [0.1, 0.15) is 21.2 Å². The van der Waals surface area contributed by atoms with Crippen LogP contribution in [-0.4, -0.2) is 25.1 Å². The molecule has 0 radical (unpaired) electrons. The zero-order chi connectivity index (χ0) is 19.0. The Morgan fingerprint density at radius 2 is 1.74 bits per heavy atom. The number of methoxy groups -OCH3 is 2. The molecule has 0 aliphatic carbocycles. The molecule has 0 bridgehead atoms. The summed E-state index contributed by atoms with van der Waals surface area (Å²) >= 11 is 1.28. The van der Waals surface area contributed by atoms with Crippen LogP contribution in [0.2, 0.25) is 0 Å². The van der Waals surface area contributed by atoms with E-state index in [1.54, 1.807) is 38.5 Å². The van der Waals surface area contributed by atoms with Gasteiger partial charge in [0.25, 0.3) is 5.91 Å². The van der Waals surface area contributed by atoms with Crippen LogP contribution in [0, 0.1) is 0 Å². The lowest BCUT2D eigenvalue weighted by Crippen LogP contribution is -2.11. The molecule has 2 aromatic carbocycles. The van der Waals surface area contributed by atoms with Gasteiger partial charge in [-0.05, 0) is 48.5 Å². The van der Waals surface area contributed by atoms with E-state index in [4.69, 9.17) is 15.2 Å². The predicted octanol–water partition coefficient (Wildman–Crippen LogP) is 4.30. The number of nitrogens with two attached hydrogens (primary N) is 1. The lowest BCUT2D eigenvalue weighted by atomic mass is 10.1. The minimum Gasteiger partial charge on any atom is -0.497 e. The molecule has 0 saturated carbocycles. The van der Waals surface area contributed by atoms with Gasteiger partial charge >= 0.3 is 0 Å². The molecule has 2 heterocycles. The molecule has 136 valence electrons. The number of nitrogen functional groups attached to an aromatic ring is 1. The Morgan fingerprint density at radius 1 is 1.04 bits per heavy atom. The van der Waals surface area contributed by atoms with E-state index in [1.807, 2.05) is 24.3 Å². The van der Waals surface area contributed by atoms with Gasteiger partial charge in [0.15, 0.2) is 0 Å². The summed E-state index contributed by atoms with van der Waals surface area (Å²) in [6, 6.07) is 14.7. The number of anilines is 2. The average Bonchev–Trinajstić information content (AvgIpc) is 3.02. The van der Waals surface area contributed by atoms with E-state index in [-0.39, 0.29) is 5.91 Å². The van der Waals surface area contributed by atoms with Crippen molar-refractivity contribution in [2.45, 2.75) is 0 Å². The number of hydrogen-bond donors (Lipinski definition) is 2. The fourth-order valence-corrected chi connectivity index (χ4v) is 3.82. The van der Waals surface area contributed by atoms with Gasteiger partial charge in [-0.2, -0.15) is 0 Å². The number of carbonyl (C=O) groups is 1. The number of nitrogens with zero attached hydrogens (tertiary/aromatic N) is 1. The highest BCUT2D eigenvalue weighted by atomic mass is 32.1. The fourth-order valence-electron chi connectivity index (χ4n) is 2.84. The summed E-state index contributed by atoms with van der Waals surface area (Å²) in [7, 11) is 3.21. The second-order valence-corrected chi connectivity index (χ2v) is 6.93. The zero-order valence-corrected chi connectivity index (χ0v) is 15.6. The van der Waals surface area contributed by atoms with Gasteiger partial charge in [0.05, 0.1) is 25.4 Å². The highest BCUT2D eigenvalue weighted by molar-refractivity contribution is 7.21. The van der Waals surface area contributed by atoms with E-state index in [2.05, 4.69) is 10.3 Å². The number of thiophene rings is 1. The van der Waals surface area contributed by atoms with Crippen LogP contribution in [0.1, 0.15) is 9.67 Å². The van der Waals surface area contributed by atoms with E-state index < -0.39 is 0 Å². The summed E-state index contributed by atoms with van der Waals surface area (Å²) < 4.78 is 10.4. The van der Waals surface area contributed by atoms with E-state index in [9.17, 15) is 4.79 Å². The number of aromatic nitrogens is 1. The van der Waals surface area contributed by atoms with Crippen LogP contribution in [0.4, 0.5) is 11.4 Å². The van der Waals surface area contributed by atoms with Crippen LogP contribution < -0.4 is 20.5 Å². The Kier molecular flexibility index (Phi) is 4.29. The Bertz CT molecular complexity index is 1150. The maximum Gasteiger partial charge on any atom is 0.267 e. The first-order chi connectivity index (χ1) is 13.1. The smallest absolute Gasteiger partial charge is 0.267 e. The standard InChI is InChI=1S/C20H17N3O3S/c1-25-13-5-3-12(4-6-13)22-19(24)18-17(21)15-10-11-9-14(26-2)7-8-16(11)23-20(15)27-18/h3-10H,21H2,1-2H3,(H,22,24). The molecular formula is C20H17N3O3S. The summed E-state index contributed by atoms with van der Waals surface area (Å²) in [5.41, 5.74) is 8.18. The monoisotopic (exact) mass is 379 g/mol. The maximum absolute atomic E-state index is 12.7. The SMILES string of the molecule is COc1ccc(NC(=O)c2sc3nc4ccc(OC)cc4cc3c2N)cc1. The maximum atomic E-state index is 12.7. The molecule has 0 fully saturated rings. The number of carbonyl (C=O) groups excluding carboxylic acids is 1. The molecule has 3 N–H and O–H groups in total. The van der Waals surface area contributed by atoms with Crippen molar-refractivity contribution >= 4 is 49.7 Å². The van der Waals surface area contributed by atoms with Crippen LogP contribution in [0.5, 0.6) is 11.5 Å². The molecule has 4 aromatic rings. The molecule has 0 spiro atoms. The minimum atomic E-state index is -0.262. The van der Waals surface area contributed by atoms with Gasteiger partial charge in [-0.1, -0.05) is 0 Å². The number of amides is 1. The molecule has 4 rings (SSSR count). The molecular weight excluding hydrogens is 362 g/mol. The van der Waals surface area contributed by atoms with Crippen LogP contribution in [0.15, 0.2) is 48.5 Å². The molecule has 0 saturated heterocycles. The first-order valence-electron chi connectivity index (χ1n) is 8.21. The van der Waals surface area contributed by atoms with Crippen molar-refractivity contribution in [2.75, 3.05) is 25.3 Å². The molecule has 2 aromatic heterocycles. The Balaban J connectivity index is 1.71. The highest BCUT2D eigenvalue weighted by Crippen LogP contribution is 2.35. The highest BCUT2D eigenvalue weighted by Gasteiger charge is 2.18. The molecule has 27 heavy (non-hydrogen) atoms. The Labute approximate surface area is 159 Å². The fraction of sp³-hybridized carbons (Fsp3) is 0.100. The number of rotatable bonds is 4. The zero-order valence-electron chi connectivity index (χ0n) is 14.8. The summed E-state index contributed by atoms with van der Waals surface area (Å²) in [5.74, 6) is 1.21. The van der Waals surface area contributed by atoms with E-state index in [0.717, 1.165) is 32.6 Å². The molecule has 7 heteroatoms. The molecule has 1 amide bonds. The van der Waals surface area contributed by atoms with Crippen LogP contribution in [-0.2, 0) is 0 Å². The topological polar surface area (TPSA) is 86.5 Å². The molecule has 0 atom stereocenters. The van der Waals surface area contributed by atoms with E-state index in [1.165, 1.54) is 11.3 Å². The minimum absolute atomic E-state index is 0.262. The van der Waals surface area contributed by atoms with Gasteiger partial charge in [0, 0.05) is 16.5 Å². The lowest BCUT2D eigenvalue weighted by molar-refractivity contribution is 0.103. The van der Waals surface area contributed by atoms with Crippen LogP contribution >= 0.6 is 11.3 Å². The number of hydrogen-bond acceptors (Lipinski definition) is 6. The average molecular weight is 379 g/mol. The van der Waals surface area contributed by atoms with Crippen LogP contribution in [0.3, 0.4) is 0 Å². The first-order valence-corrected chi connectivity index (χ1v) is 9.03. The Hall–Kier alpha value is -3.32. The largest absolute Gasteiger partial charge is 0.497 e. The molecule has 0 unspecified atom stereocenters. The van der Waals surface area contributed by atoms with Gasteiger partial charge in [0.2, 0.25) is 0 Å². The van der Waals surface area contributed by atoms with Crippen LogP contribution in [0.25, 0.3) is 21.1 Å². The lowest BCUT2D eigenvalue weighted by Gasteiger charge is -2.05. The van der Waals surface area contributed by atoms with Crippen molar-refractivity contribution in [3.8, 4) is 11.5 Å². The summed E-state index contributed by atoms with van der Waals surface area (Å²) in [6.07, 6.45) is 0. The van der Waals surface area contributed by atoms with Crippen molar-refractivity contribution in [3.63, 3.8) is 0 Å². The number of ether oxygens (including phenoxy) is 2. The van der Waals surface area contributed by atoms with Crippen molar-refractivity contribution < 1.29 is 14.3 Å². The number of nitrogens with one attached hydrogen (secondary N) is 1. The number of fused-ring (bicyclic) bond motifs is 2. The van der Waals surface area contributed by atoms with Gasteiger partial charge in [-0.3, -0.25) is 4.79 Å². The van der Waals surface area contributed by atoms with Crippen molar-refractivity contribution in [2.24, 2.45) is 0 Å². The van der Waals surface area contributed by atoms with Crippen molar-refractivity contribution in [1.29, 1.82) is 0 Å².